The van der Waals surface area contributed by atoms with Crippen LogP contribution in [-0.4, -0.2) is 41.6 Å². The van der Waals surface area contributed by atoms with Crippen LogP contribution in [0.5, 0.6) is 0 Å². The van der Waals surface area contributed by atoms with E-state index in [2.05, 4.69) is 10.2 Å². The normalized spacial score (nSPS) is 24.1. The molecule has 1 saturated heterocycles. The van der Waals surface area contributed by atoms with Crippen molar-refractivity contribution in [2.24, 2.45) is 16.1 Å². The van der Waals surface area contributed by atoms with E-state index in [1.165, 1.54) is 0 Å². The van der Waals surface area contributed by atoms with Crippen molar-refractivity contribution in [1.29, 1.82) is 0 Å². The molecule has 0 spiro atoms. The van der Waals surface area contributed by atoms with Gasteiger partial charge >= 0.3 is 6.09 Å². The number of nitrogens with zero attached hydrogens (tertiary/aromatic N) is 3. The SMILES string of the molecule is CC(C)(C)OC(=O)N1CC[C@H]2C=NN=C2C1. The summed E-state index contributed by atoms with van der Waals surface area (Å²) in [4.78, 5) is 13.5. The van der Waals surface area contributed by atoms with Crippen LogP contribution < -0.4 is 0 Å². The Hall–Kier alpha value is -1.39. The Morgan fingerprint density at radius 2 is 2.31 bits per heavy atom. The molecule has 0 bridgehead atoms. The summed E-state index contributed by atoms with van der Waals surface area (Å²) in [6.45, 7) is 6.86. The van der Waals surface area contributed by atoms with Gasteiger partial charge in [-0.1, -0.05) is 0 Å². The average Bonchev–Trinajstić information content (AvgIpc) is 2.61. The molecule has 88 valence electrons. The van der Waals surface area contributed by atoms with Crippen molar-refractivity contribution < 1.29 is 9.53 Å². The topological polar surface area (TPSA) is 54.3 Å². The molecule has 16 heavy (non-hydrogen) atoms. The van der Waals surface area contributed by atoms with Gasteiger partial charge in [0.25, 0.3) is 0 Å². The molecule has 1 atom stereocenters. The van der Waals surface area contributed by atoms with Gasteiger partial charge in [-0.2, -0.15) is 10.2 Å². The molecule has 0 unspecified atom stereocenters. The first-order valence-corrected chi connectivity index (χ1v) is 5.53. The highest BCUT2D eigenvalue weighted by Gasteiger charge is 2.31. The number of likely N-dealkylation sites (tertiary alicyclic amines) is 1. The van der Waals surface area contributed by atoms with E-state index in [0.29, 0.717) is 19.0 Å². The number of piperidine rings is 1. The highest BCUT2D eigenvalue weighted by Crippen LogP contribution is 2.19. The van der Waals surface area contributed by atoms with Crippen LogP contribution in [0.25, 0.3) is 0 Å². The number of rotatable bonds is 0. The van der Waals surface area contributed by atoms with Crippen LogP contribution in [0.2, 0.25) is 0 Å². The summed E-state index contributed by atoms with van der Waals surface area (Å²) in [5, 5.41) is 7.90. The van der Waals surface area contributed by atoms with Gasteiger partial charge in [0, 0.05) is 18.7 Å². The van der Waals surface area contributed by atoms with E-state index in [0.717, 1.165) is 12.1 Å². The van der Waals surface area contributed by atoms with Crippen LogP contribution >= 0.6 is 0 Å². The summed E-state index contributed by atoms with van der Waals surface area (Å²) in [6.07, 6.45) is 2.48. The van der Waals surface area contributed by atoms with Crippen molar-refractivity contribution in [3.05, 3.63) is 0 Å². The Labute approximate surface area is 95.2 Å². The fourth-order valence-corrected chi connectivity index (χ4v) is 1.79. The Morgan fingerprint density at radius 1 is 1.56 bits per heavy atom. The molecule has 2 aliphatic heterocycles. The lowest BCUT2D eigenvalue weighted by Crippen LogP contribution is -2.45. The zero-order chi connectivity index (χ0) is 11.8. The third-order valence-corrected chi connectivity index (χ3v) is 2.58. The maximum Gasteiger partial charge on any atom is 0.410 e. The van der Waals surface area contributed by atoms with Crippen LogP contribution in [0, 0.1) is 5.92 Å². The molecule has 2 heterocycles. The van der Waals surface area contributed by atoms with E-state index in [4.69, 9.17) is 4.74 Å². The third kappa shape index (κ3) is 2.40. The molecular weight excluding hydrogens is 206 g/mol. The van der Waals surface area contributed by atoms with Crippen LogP contribution in [0.4, 0.5) is 4.79 Å². The minimum Gasteiger partial charge on any atom is -0.444 e. The lowest BCUT2D eigenvalue weighted by Gasteiger charge is -2.31. The maximum absolute atomic E-state index is 11.8. The van der Waals surface area contributed by atoms with Crippen molar-refractivity contribution in [3.8, 4) is 0 Å². The Morgan fingerprint density at radius 3 is 3.00 bits per heavy atom. The quantitative estimate of drug-likeness (QED) is 0.627. The summed E-state index contributed by atoms with van der Waals surface area (Å²) < 4.78 is 5.32. The maximum atomic E-state index is 11.8. The summed E-state index contributed by atoms with van der Waals surface area (Å²) in [5.74, 6) is 0.332. The standard InChI is InChI=1S/C11H17N3O2/c1-11(2,3)16-10(15)14-5-4-8-6-12-13-9(8)7-14/h6,8H,4-5,7H2,1-3H3/t8-/m0/s1. The first-order valence-electron chi connectivity index (χ1n) is 5.53. The van der Waals surface area contributed by atoms with Crippen LogP contribution in [-0.2, 0) is 4.74 Å². The lowest BCUT2D eigenvalue weighted by molar-refractivity contribution is 0.0263. The summed E-state index contributed by atoms with van der Waals surface area (Å²) in [7, 11) is 0. The van der Waals surface area contributed by atoms with E-state index in [-0.39, 0.29) is 6.09 Å². The van der Waals surface area contributed by atoms with Gasteiger partial charge in [0.1, 0.15) is 5.60 Å². The van der Waals surface area contributed by atoms with Gasteiger partial charge in [0.15, 0.2) is 0 Å². The van der Waals surface area contributed by atoms with Crippen molar-refractivity contribution in [1.82, 2.24) is 4.90 Å². The number of hydrogen-bond acceptors (Lipinski definition) is 4. The Balaban J connectivity index is 1.94. The average molecular weight is 223 g/mol. The van der Waals surface area contributed by atoms with Gasteiger partial charge in [-0.3, -0.25) is 0 Å². The van der Waals surface area contributed by atoms with Gasteiger partial charge in [-0.05, 0) is 27.2 Å². The zero-order valence-corrected chi connectivity index (χ0v) is 9.93. The monoisotopic (exact) mass is 223 g/mol. The number of ether oxygens (including phenoxy) is 1. The highest BCUT2D eigenvalue weighted by atomic mass is 16.6. The molecule has 0 aromatic carbocycles. The first-order chi connectivity index (χ1) is 7.46. The van der Waals surface area contributed by atoms with Gasteiger partial charge < -0.3 is 9.64 Å². The van der Waals surface area contributed by atoms with E-state index < -0.39 is 5.60 Å². The van der Waals surface area contributed by atoms with Crippen LogP contribution in [0.3, 0.4) is 0 Å². The Kier molecular flexibility index (Phi) is 2.69. The van der Waals surface area contributed by atoms with Crippen molar-refractivity contribution >= 4 is 18.0 Å². The molecule has 2 aliphatic rings. The fraction of sp³-hybridized carbons (Fsp3) is 0.727. The summed E-state index contributed by atoms with van der Waals surface area (Å²) >= 11 is 0. The molecule has 5 heteroatoms. The number of carbonyl (C=O) groups is 1. The molecule has 1 amide bonds. The van der Waals surface area contributed by atoms with Crippen LogP contribution in [0.1, 0.15) is 27.2 Å². The van der Waals surface area contributed by atoms with E-state index in [9.17, 15) is 4.79 Å². The zero-order valence-electron chi connectivity index (χ0n) is 9.93. The van der Waals surface area contributed by atoms with Crippen molar-refractivity contribution in [2.75, 3.05) is 13.1 Å². The number of fused-ring (bicyclic) bond motifs is 1. The lowest BCUT2D eigenvalue weighted by atomic mass is 9.97. The number of carbonyl (C=O) groups excluding carboxylic acids is 1. The first kappa shape index (κ1) is 11.1. The van der Waals surface area contributed by atoms with Gasteiger partial charge in [0.2, 0.25) is 0 Å². The molecular formula is C11H17N3O2. The third-order valence-electron chi connectivity index (χ3n) is 2.58. The number of amides is 1. The van der Waals surface area contributed by atoms with E-state index in [1.807, 2.05) is 27.0 Å². The number of hydrogen-bond donors (Lipinski definition) is 0. The largest absolute Gasteiger partial charge is 0.444 e. The molecule has 0 radical (unpaired) electrons. The van der Waals surface area contributed by atoms with Gasteiger partial charge in [0.05, 0.1) is 12.3 Å². The molecule has 5 nitrogen and oxygen atoms in total. The molecule has 0 saturated carbocycles. The van der Waals surface area contributed by atoms with Crippen LogP contribution in [0.15, 0.2) is 10.2 Å². The minimum absolute atomic E-state index is 0.263. The predicted octanol–water partition coefficient (Wildman–Crippen LogP) is 1.68. The van der Waals surface area contributed by atoms with E-state index in [1.54, 1.807) is 4.90 Å². The van der Waals surface area contributed by atoms with Crippen molar-refractivity contribution in [2.45, 2.75) is 32.8 Å². The second kappa shape index (κ2) is 3.88. The molecule has 0 aromatic rings. The summed E-state index contributed by atoms with van der Waals surface area (Å²) in [6, 6.07) is 0. The fourth-order valence-electron chi connectivity index (χ4n) is 1.79. The summed E-state index contributed by atoms with van der Waals surface area (Å²) in [5.41, 5.74) is 0.527. The second-order valence-electron chi connectivity index (χ2n) is 5.15. The second-order valence-corrected chi connectivity index (χ2v) is 5.15. The molecule has 0 N–H and O–H groups in total. The predicted molar refractivity (Wildman–Crippen MR) is 61.8 cm³/mol. The van der Waals surface area contributed by atoms with E-state index >= 15 is 0 Å². The smallest absolute Gasteiger partial charge is 0.410 e. The Bertz CT molecular complexity index is 355. The van der Waals surface area contributed by atoms with Gasteiger partial charge in [-0.25, -0.2) is 4.79 Å². The molecule has 0 aromatic heterocycles. The molecule has 2 rings (SSSR count). The molecule has 1 fully saturated rings. The van der Waals surface area contributed by atoms with Crippen molar-refractivity contribution in [3.63, 3.8) is 0 Å². The molecule has 0 aliphatic carbocycles. The van der Waals surface area contributed by atoms with Gasteiger partial charge in [-0.15, -0.1) is 0 Å². The minimum atomic E-state index is -0.443. The highest BCUT2D eigenvalue weighted by molar-refractivity contribution is 6.04.